The highest BCUT2D eigenvalue weighted by atomic mass is 16.6. The lowest BCUT2D eigenvalue weighted by Crippen LogP contribution is -2.46. The van der Waals surface area contributed by atoms with Gasteiger partial charge >= 0.3 is 6.09 Å². The maximum atomic E-state index is 12.0. The van der Waals surface area contributed by atoms with Crippen LogP contribution in [0.3, 0.4) is 0 Å². The van der Waals surface area contributed by atoms with E-state index in [9.17, 15) is 4.79 Å². The summed E-state index contributed by atoms with van der Waals surface area (Å²) in [6.07, 6.45) is 2.69. The summed E-state index contributed by atoms with van der Waals surface area (Å²) < 4.78 is 5.37. The Balaban J connectivity index is 1.59. The molecule has 1 aromatic carbocycles. The summed E-state index contributed by atoms with van der Waals surface area (Å²) in [4.78, 5) is 14.4. The van der Waals surface area contributed by atoms with Gasteiger partial charge in [-0.25, -0.2) is 4.79 Å². The fraction of sp³-hybridized carbons (Fsp3) is 0.650. The van der Waals surface area contributed by atoms with Gasteiger partial charge in [-0.2, -0.15) is 0 Å². The molecule has 5 heteroatoms. The molecule has 3 rings (SSSR count). The summed E-state index contributed by atoms with van der Waals surface area (Å²) in [6.45, 7) is 10.8. The molecule has 1 unspecified atom stereocenters. The number of ether oxygens (including phenoxy) is 1. The zero-order valence-electron chi connectivity index (χ0n) is 15.9. The summed E-state index contributed by atoms with van der Waals surface area (Å²) in [6, 6.07) is 7.37. The number of alkyl carbamates (subject to hydrolysis) is 1. The van der Waals surface area contributed by atoms with Gasteiger partial charge in [0.05, 0.1) is 0 Å². The van der Waals surface area contributed by atoms with Crippen molar-refractivity contribution in [3.8, 4) is 0 Å². The van der Waals surface area contributed by atoms with Gasteiger partial charge in [-0.15, -0.1) is 0 Å². The van der Waals surface area contributed by atoms with E-state index in [0.717, 1.165) is 38.9 Å². The summed E-state index contributed by atoms with van der Waals surface area (Å²) >= 11 is 0. The van der Waals surface area contributed by atoms with Gasteiger partial charge in [0.2, 0.25) is 0 Å². The average molecular weight is 345 g/mol. The van der Waals surface area contributed by atoms with E-state index < -0.39 is 5.60 Å². The van der Waals surface area contributed by atoms with Crippen LogP contribution in [-0.2, 0) is 17.7 Å². The number of hydrogen-bond donors (Lipinski definition) is 2. The summed E-state index contributed by atoms with van der Waals surface area (Å²) in [5.41, 5.74) is 3.84. The zero-order chi connectivity index (χ0) is 18.0. The van der Waals surface area contributed by atoms with Crippen LogP contribution in [0.2, 0.25) is 0 Å². The molecule has 0 aromatic heterocycles. The Morgan fingerprint density at radius 2 is 2.00 bits per heavy atom. The maximum absolute atomic E-state index is 12.0. The van der Waals surface area contributed by atoms with Crippen molar-refractivity contribution in [1.82, 2.24) is 10.6 Å². The molecule has 2 N–H and O–H groups in total. The molecular formula is C20H31N3O2. The van der Waals surface area contributed by atoms with Gasteiger partial charge in [0.1, 0.15) is 5.60 Å². The van der Waals surface area contributed by atoms with Crippen LogP contribution in [0.5, 0.6) is 0 Å². The monoisotopic (exact) mass is 345 g/mol. The van der Waals surface area contributed by atoms with Crippen LogP contribution in [-0.4, -0.2) is 36.9 Å². The van der Waals surface area contributed by atoms with Crippen LogP contribution < -0.4 is 15.5 Å². The van der Waals surface area contributed by atoms with Gasteiger partial charge in [-0.3, -0.25) is 0 Å². The van der Waals surface area contributed by atoms with Crippen LogP contribution in [0.4, 0.5) is 10.5 Å². The average Bonchev–Trinajstić information content (AvgIpc) is 2.53. The summed E-state index contributed by atoms with van der Waals surface area (Å²) in [5, 5.41) is 6.55. The number of nitrogens with one attached hydrogen (secondary N) is 2. The van der Waals surface area contributed by atoms with E-state index in [0.29, 0.717) is 6.04 Å². The van der Waals surface area contributed by atoms with Gasteiger partial charge in [0.25, 0.3) is 0 Å². The number of benzene rings is 1. The first-order chi connectivity index (χ1) is 11.8. The van der Waals surface area contributed by atoms with Crippen molar-refractivity contribution in [3.63, 3.8) is 0 Å². The molecule has 0 bridgehead atoms. The SMILES string of the molecule is CC1Cc2c(cccc2N2CCC(NC(=O)OC(C)(C)C)CC2)CN1. The third-order valence-electron chi connectivity index (χ3n) is 4.96. The minimum atomic E-state index is -0.446. The molecule has 5 nitrogen and oxygen atoms in total. The lowest BCUT2D eigenvalue weighted by molar-refractivity contribution is 0.0497. The molecule has 138 valence electrons. The first-order valence-corrected chi connectivity index (χ1v) is 9.40. The number of carbonyl (C=O) groups excluding carboxylic acids is 1. The Morgan fingerprint density at radius 3 is 2.68 bits per heavy atom. The second-order valence-corrected chi connectivity index (χ2v) is 8.31. The number of piperidine rings is 1. The highest BCUT2D eigenvalue weighted by molar-refractivity contribution is 5.68. The lowest BCUT2D eigenvalue weighted by atomic mass is 9.93. The molecule has 25 heavy (non-hydrogen) atoms. The van der Waals surface area contributed by atoms with E-state index in [2.05, 4.69) is 40.7 Å². The van der Waals surface area contributed by atoms with Gasteiger partial charge in [0, 0.05) is 37.4 Å². The van der Waals surface area contributed by atoms with Crippen LogP contribution in [0.1, 0.15) is 51.7 Å². The second kappa shape index (κ2) is 7.24. The molecule has 0 spiro atoms. The number of rotatable bonds is 2. The fourth-order valence-corrected chi connectivity index (χ4v) is 3.72. The minimum absolute atomic E-state index is 0.200. The first-order valence-electron chi connectivity index (χ1n) is 9.40. The number of fused-ring (bicyclic) bond motifs is 1. The van der Waals surface area contributed by atoms with E-state index in [1.54, 1.807) is 0 Å². The summed E-state index contributed by atoms with van der Waals surface area (Å²) in [5.74, 6) is 0. The topological polar surface area (TPSA) is 53.6 Å². The Labute approximate surface area is 151 Å². The molecule has 1 saturated heterocycles. The molecule has 1 aromatic rings. The van der Waals surface area contributed by atoms with E-state index >= 15 is 0 Å². The Morgan fingerprint density at radius 1 is 1.28 bits per heavy atom. The highest BCUT2D eigenvalue weighted by Crippen LogP contribution is 2.30. The molecule has 1 amide bonds. The predicted molar refractivity (Wildman–Crippen MR) is 101 cm³/mol. The first kappa shape index (κ1) is 18.1. The fourth-order valence-electron chi connectivity index (χ4n) is 3.72. The van der Waals surface area contributed by atoms with Crippen molar-refractivity contribution in [3.05, 3.63) is 29.3 Å². The molecule has 2 aliphatic rings. The van der Waals surface area contributed by atoms with Gasteiger partial charge in [-0.1, -0.05) is 12.1 Å². The number of nitrogens with zero attached hydrogens (tertiary/aromatic N) is 1. The number of anilines is 1. The molecule has 0 saturated carbocycles. The van der Waals surface area contributed by atoms with Crippen LogP contribution in [0.25, 0.3) is 0 Å². The molecule has 2 heterocycles. The van der Waals surface area contributed by atoms with Crippen LogP contribution in [0, 0.1) is 0 Å². The highest BCUT2D eigenvalue weighted by Gasteiger charge is 2.26. The van der Waals surface area contributed by atoms with Crippen molar-refractivity contribution in [2.24, 2.45) is 0 Å². The number of hydrogen-bond acceptors (Lipinski definition) is 4. The number of carbonyl (C=O) groups is 1. The normalized spacial score (nSPS) is 21.6. The van der Waals surface area contributed by atoms with Crippen molar-refractivity contribution in [1.29, 1.82) is 0 Å². The van der Waals surface area contributed by atoms with E-state index in [1.807, 2.05) is 20.8 Å². The van der Waals surface area contributed by atoms with Crippen molar-refractivity contribution in [2.75, 3.05) is 18.0 Å². The second-order valence-electron chi connectivity index (χ2n) is 8.31. The van der Waals surface area contributed by atoms with Crippen molar-refractivity contribution < 1.29 is 9.53 Å². The molecule has 1 atom stereocenters. The standard InChI is InChI=1S/C20H31N3O2/c1-14-12-17-15(13-21-14)6-5-7-18(17)23-10-8-16(9-11-23)22-19(24)25-20(2,3)4/h5-7,14,16,21H,8-13H2,1-4H3,(H,22,24). The Bertz CT molecular complexity index is 616. The maximum Gasteiger partial charge on any atom is 0.407 e. The predicted octanol–water partition coefficient (Wildman–Crippen LogP) is 3.21. The smallest absolute Gasteiger partial charge is 0.407 e. The summed E-state index contributed by atoms with van der Waals surface area (Å²) in [7, 11) is 0. The molecule has 0 radical (unpaired) electrons. The van der Waals surface area contributed by atoms with E-state index in [4.69, 9.17) is 4.74 Å². The van der Waals surface area contributed by atoms with Crippen LogP contribution >= 0.6 is 0 Å². The zero-order valence-corrected chi connectivity index (χ0v) is 15.9. The third-order valence-corrected chi connectivity index (χ3v) is 4.96. The largest absolute Gasteiger partial charge is 0.444 e. The molecule has 1 fully saturated rings. The molecule has 2 aliphatic heterocycles. The van der Waals surface area contributed by atoms with Gasteiger partial charge in [0.15, 0.2) is 0 Å². The quantitative estimate of drug-likeness (QED) is 0.864. The van der Waals surface area contributed by atoms with E-state index in [-0.39, 0.29) is 12.1 Å². The molecule has 0 aliphatic carbocycles. The Kier molecular flexibility index (Phi) is 5.23. The van der Waals surface area contributed by atoms with Crippen molar-refractivity contribution >= 4 is 11.8 Å². The van der Waals surface area contributed by atoms with E-state index in [1.165, 1.54) is 16.8 Å². The lowest BCUT2D eigenvalue weighted by Gasteiger charge is -2.37. The number of amides is 1. The minimum Gasteiger partial charge on any atom is -0.444 e. The van der Waals surface area contributed by atoms with Gasteiger partial charge in [-0.05, 0) is 64.2 Å². The van der Waals surface area contributed by atoms with Crippen molar-refractivity contribution in [2.45, 2.75) is 71.2 Å². The van der Waals surface area contributed by atoms with Crippen LogP contribution in [0.15, 0.2) is 18.2 Å². The Hall–Kier alpha value is -1.75. The third kappa shape index (κ3) is 4.66. The van der Waals surface area contributed by atoms with Gasteiger partial charge < -0.3 is 20.3 Å². The molecular weight excluding hydrogens is 314 g/mol.